The van der Waals surface area contributed by atoms with Gasteiger partial charge in [0.15, 0.2) is 0 Å². The molecule has 3 heterocycles. The number of nitrogens with one attached hydrogen (secondary N) is 1. The van der Waals surface area contributed by atoms with Gasteiger partial charge in [0.2, 0.25) is 0 Å². The number of hydrogen-bond acceptors (Lipinski definition) is 4. The molecule has 6 rings (SSSR count). The van der Waals surface area contributed by atoms with Crippen molar-refractivity contribution in [2.24, 2.45) is 11.8 Å². The number of pyridine rings is 1. The van der Waals surface area contributed by atoms with Crippen molar-refractivity contribution in [2.45, 2.75) is 70.5 Å². The lowest BCUT2D eigenvalue weighted by Crippen LogP contribution is -2.58. The van der Waals surface area contributed by atoms with Crippen LogP contribution in [-0.4, -0.2) is 45.7 Å². The Balaban J connectivity index is 1.27. The molecule has 2 saturated carbocycles. The molecule has 166 valence electrons. The normalized spacial score (nSPS) is 27.3. The van der Waals surface area contributed by atoms with Gasteiger partial charge in [0.1, 0.15) is 11.3 Å². The van der Waals surface area contributed by atoms with E-state index in [-0.39, 0.29) is 17.4 Å². The average molecular weight is 424 g/mol. The topological polar surface area (TPSA) is 74.6 Å². The Hall–Kier alpha value is -2.34. The van der Waals surface area contributed by atoms with Crippen molar-refractivity contribution < 1.29 is 9.90 Å². The minimum absolute atomic E-state index is 0.116. The van der Waals surface area contributed by atoms with Crippen LogP contribution in [0.1, 0.15) is 68.8 Å². The molecule has 1 aromatic carbocycles. The number of aromatic hydroxyl groups is 1. The van der Waals surface area contributed by atoms with E-state index in [9.17, 15) is 14.7 Å². The maximum atomic E-state index is 13.1. The summed E-state index contributed by atoms with van der Waals surface area (Å²) in [5.41, 5.74) is 0.0575. The Morgan fingerprint density at radius 1 is 1.10 bits per heavy atom. The van der Waals surface area contributed by atoms with Gasteiger partial charge in [0, 0.05) is 36.6 Å². The van der Waals surface area contributed by atoms with Crippen molar-refractivity contribution in [1.82, 2.24) is 14.8 Å². The first-order valence-electron chi connectivity index (χ1n) is 11.8. The quantitative estimate of drug-likeness (QED) is 0.695. The molecule has 2 aromatic rings. The highest BCUT2D eigenvalue weighted by Crippen LogP contribution is 2.49. The van der Waals surface area contributed by atoms with Crippen LogP contribution in [0.3, 0.4) is 0 Å². The Morgan fingerprint density at radius 2 is 1.74 bits per heavy atom. The van der Waals surface area contributed by atoms with E-state index in [0.29, 0.717) is 17.4 Å². The maximum Gasteiger partial charge on any atom is 0.267 e. The monoisotopic (exact) mass is 423 g/mol. The van der Waals surface area contributed by atoms with E-state index in [1.807, 2.05) is 19.9 Å². The van der Waals surface area contributed by atoms with E-state index in [4.69, 9.17) is 0 Å². The number of benzene rings is 1. The SMILES string of the molecule is CC(C)n1c(=O)c(C(=O)NCCCN2C3CC4CC(C3)CC2C4)c(O)c2ccccc21. The summed E-state index contributed by atoms with van der Waals surface area (Å²) in [6, 6.07) is 8.54. The van der Waals surface area contributed by atoms with Crippen LogP contribution in [0.15, 0.2) is 29.1 Å². The van der Waals surface area contributed by atoms with Crippen LogP contribution in [0, 0.1) is 11.8 Å². The molecule has 2 aliphatic carbocycles. The third kappa shape index (κ3) is 3.55. The minimum Gasteiger partial charge on any atom is -0.506 e. The molecular formula is C25H33N3O3. The zero-order chi connectivity index (χ0) is 21.7. The molecule has 1 aromatic heterocycles. The third-order valence-electron chi connectivity index (χ3n) is 7.74. The second-order valence-electron chi connectivity index (χ2n) is 10.1. The summed E-state index contributed by atoms with van der Waals surface area (Å²) in [5.74, 6) is 1.18. The predicted molar refractivity (Wildman–Crippen MR) is 122 cm³/mol. The fraction of sp³-hybridized carbons (Fsp3) is 0.600. The molecule has 6 nitrogen and oxygen atoms in total. The summed E-state index contributed by atoms with van der Waals surface area (Å²) >= 11 is 0. The molecular weight excluding hydrogens is 390 g/mol. The number of carbonyl (C=O) groups excluding carboxylic acids is 1. The maximum absolute atomic E-state index is 13.1. The molecule has 0 spiro atoms. The summed E-state index contributed by atoms with van der Waals surface area (Å²) < 4.78 is 1.59. The number of amides is 1. The molecule has 4 bridgehead atoms. The first-order valence-corrected chi connectivity index (χ1v) is 11.8. The van der Waals surface area contributed by atoms with Gasteiger partial charge < -0.3 is 15.0 Å². The minimum atomic E-state index is -0.484. The first-order chi connectivity index (χ1) is 14.9. The number of fused-ring (bicyclic) bond motifs is 1. The van der Waals surface area contributed by atoms with E-state index in [0.717, 1.165) is 36.9 Å². The molecule has 2 aliphatic heterocycles. The van der Waals surface area contributed by atoms with Crippen LogP contribution in [0.25, 0.3) is 10.9 Å². The van der Waals surface area contributed by atoms with Crippen LogP contribution in [0.5, 0.6) is 5.75 Å². The number of aromatic nitrogens is 1. The van der Waals surface area contributed by atoms with Gasteiger partial charge in [-0.05, 0) is 76.3 Å². The van der Waals surface area contributed by atoms with E-state index in [2.05, 4.69) is 10.2 Å². The van der Waals surface area contributed by atoms with Gasteiger partial charge in [-0.1, -0.05) is 12.1 Å². The molecule has 2 saturated heterocycles. The lowest BCUT2D eigenvalue weighted by atomic mass is 9.63. The molecule has 4 aliphatic rings. The first kappa shape index (κ1) is 20.6. The van der Waals surface area contributed by atoms with Crippen LogP contribution < -0.4 is 10.9 Å². The van der Waals surface area contributed by atoms with Gasteiger partial charge in [0.25, 0.3) is 11.5 Å². The van der Waals surface area contributed by atoms with Gasteiger partial charge in [-0.3, -0.25) is 14.5 Å². The number of rotatable bonds is 6. The van der Waals surface area contributed by atoms with Crippen LogP contribution in [-0.2, 0) is 0 Å². The average Bonchev–Trinajstić information content (AvgIpc) is 2.72. The van der Waals surface area contributed by atoms with Crippen molar-refractivity contribution in [3.8, 4) is 5.75 Å². The van der Waals surface area contributed by atoms with Gasteiger partial charge >= 0.3 is 0 Å². The van der Waals surface area contributed by atoms with E-state index < -0.39 is 11.5 Å². The molecule has 0 atom stereocenters. The number of hydrogen-bond donors (Lipinski definition) is 2. The van der Waals surface area contributed by atoms with E-state index in [1.54, 1.807) is 22.8 Å². The highest BCUT2D eigenvalue weighted by molar-refractivity contribution is 6.02. The number of nitrogens with zero attached hydrogens (tertiary/aromatic N) is 2. The standard InChI is InChI=1S/C25H33N3O3/c1-15(2)28-21-7-4-3-6-20(21)23(29)22(25(28)31)24(30)26-8-5-9-27-18-11-16-10-17(13-18)14-19(27)12-16/h3-4,6-7,15-19,29H,5,8-14H2,1-2H3,(H,26,30). The van der Waals surface area contributed by atoms with Crippen molar-refractivity contribution in [3.63, 3.8) is 0 Å². The van der Waals surface area contributed by atoms with Crippen molar-refractivity contribution in [1.29, 1.82) is 0 Å². The van der Waals surface area contributed by atoms with Crippen LogP contribution in [0.4, 0.5) is 0 Å². The lowest BCUT2D eigenvalue weighted by molar-refractivity contribution is -0.0587. The van der Waals surface area contributed by atoms with Crippen molar-refractivity contribution in [2.75, 3.05) is 13.1 Å². The molecule has 4 fully saturated rings. The van der Waals surface area contributed by atoms with Crippen molar-refractivity contribution in [3.05, 3.63) is 40.2 Å². The third-order valence-corrected chi connectivity index (χ3v) is 7.74. The summed E-state index contributed by atoms with van der Waals surface area (Å²) in [6.45, 7) is 5.32. The number of piperidine rings is 2. The molecule has 0 unspecified atom stereocenters. The molecule has 1 amide bonds. The molecule has 0 radical (unpaired) electrons. The van der Waals surface area contributed by atoms with Gasteiger partial charge in [-0.2, -0.15) is 0 Å². The van der Waals surface area contributed by atoms with Crippen LogP contribution >= 0.6 is 0 Å². The lowest BCUT2D eigenvalue weighted by Gasteiger charge is -2.56. The van der Waals surface area contributed by atoms with Gasteiger partial charge in [0.05, 0.1) is 5.52 Å². The molecule has 2 N–H and O–H groups in total. The second kappa shape index (κ2) is 7.97. The Labute approximate surface area is 183 Å². The number of para-hydroxylation sites is 1. The Morgan fingerprint density at radius 3 is 2.39 bits per heavy atom. The second-order valence-corrected chi connectivity index (χ2v) is 10.1. The zero-order valence-electron chi connectivity index (χ0n) is 18.5. The van der Waals surface area contributed by atoms with Crippen molar-refractivity contribution >= 4 is 16.8 Å². The number of carbonyl (C=O) groups is 1. The Bertz CT molecular complexity index is 1030. The van der Waals surface area contributed by atoms with Crippen LogP contribution in [0.2, 0.25) is 0 Å². The fourth-order valence-corrected chi connectivity index (χ4v) is 6.60. The van der Waals surface area contributed by atoms with E-state index >= 15 is 0 Å². The van der Waals surface area contributed by atoms with E-state index in [1.165, 1.54) is 32.1 Å². The zero-order valence-corrected chi connectivity index (χ0v) is 18.5. The largest absolute Gasteiger partial charge is 0.506 e. The van der Waals surface area contributed by atoms with Gasteiger partial charge in [-0.25, -0.2) is 0 Å². The summed E-state index contributed by atoms with van der Waals surface area (Å²) in [4.78, 5) is 28.6. The van der Waals surface area contributed by atoms with Gasteiger partial charge in [-0.15, -0.1) is 0 Å². The fourth-order valence-electron chi connectivity index (χ4n) is 6.60. The summed E-state index contributed by atoms with van der Waals surface area (Å²) in [5, 5.41) is 14.1. The highest BCUT2D eigenvalue weighted by atomic mass is 16.3. The molecule has 31 heavy (non-hydrogen) atoms. The summed E-state index contributed by atoms with van der Waals surface area (Å²) in [7, 11) is 0. The molecule has 6 heteroatoms. The summed E-state index contributed by atoms with van der Waals surface area (Å²) in [6.07, 6.45) is 7.69. The Kier molecular flexibility index (Phi) is 5.29. The smallest absolute Gasteiger partial charge is 0.267 e. The highest BCUT2D eigenvalue weighted by Gasteiger charge is 2.46. The predicted octanol–water partition coefficient (Wildman–Crippen LogP) is 3.67.